The zero-order chi connectivity index (χ0) is 25.2. The van der Waals surface area contributed by atoms with Crippen LogP contribution < -0.4 is 9.80 Å². The molecule has 5 rings (SSSR count). The van der Waals surface area contributed by atoms with Crippen LogP contribution in [0, 0.1) is 5.92 Å². The van der Waals surface area contributed by atoms with Crippen LogP contribution in [0.4, 0.5) is 11.4 Å². The highest BCUT2D eigenvalue weighted by Crippen LogP contribution is 2.45. The van der Waals surface area contributed by atoms with Crippen molar-refractivity contribution in [1.82, 2.24) is 5.01 Å². The molecule has 0 radical (unpaired) electrons. The SMILES string of the molecule is CN(C)c1ccc(/C=C2/CCC[C@@H]3C2=NN(C(=O)c2ccccc2)[C@H]3c2ccc(N(C)C)cc2)cc1. The number of benzene rings is 3. The van der Waals surface area contributed by atoms with Crippen molar-refractivity contribution in [2.24, 2.45) is 11.0 Å². The first-order valence-corrected chi connectivity index (χ1v) is 12.6. The molecule has 0 spiro atoms. The molecular weight excluding hydrogens is 444 g/mol. The lowest BCUT2D eigenvalue weighted by atomic mass is 9.77. The lowest BCUT2D eigenvalue weighted by Gasteiger charge is -2.30. The van der Waals surface area contributed by atoms with Gasteiger partial charge in [-0.3, -0.25) is 4.79 Å². The molecule has 5 nitrogen and oxygen atoms in total. The summed E-state index contributed by atoms with van der Waals surface area (Å²) >= 11 is 0. The molecule has 1 amide bonds. The Morgan fingerprint density at radius 3 is 2.08 bits per heavy atom. The maximum Gasteiger partial charge on any atom is 0.274 e. The summed E-state index contributed by atoms with van der Waals surface area (Å²) in [4.78, 5) is 17.9. The molecule has 2 aliphatic rings. The standard InChI is InChI=1S/C31H34N4O/c1-33(2)26-17-13-22(14-18-26)21-25-11-8-12-28-29(25)32-35(31(36)24-9-6-5-7-10-24)30(28)23-15-19-27(20-16-23)34(3)4/h5-7,9-10,13-21,28,30H,8,11-12H2,1-4H3/b25-21-/t28-,30+/m1/s1. The number of hydrogen-bond donors (Lipinski definition) is 0. The van der Waals surface area contributed by atoms with Gasteiger partial charge in [0.15, 0.2) is 0 Å². The fourth-order valence-electron chi connectivity index (χ4n) is 5.25. The van der Waals surface area contributed by atoms with Crippen LogP contribution in [0.25, 0.3) is 6.08 Å². The molecule has 0 bridgehead atoms. The van der Waals surface area contributed by atoms with Crippen LogP contribution in [0.5, 0.6) is 0 Å². The molecule has 1 aliphatic heterocycles. The van der Waals surface area contributed by atoms with Crippen LogP contribution in [0.15, 0.2) is 89.5 Å². The Kier molecular flexibility index (Phi) is 6.64. The minimum Gasteiger partial charge on any atom is -0.378 e. The summed E-state index contributed by atoms with van der Waals surface area (Å²) in [6.07, 6.45) is 5.34. The first-order chi connectivity index (χ1) is 17.4. The van der Waals surface area contributed by atoms with Gasteiger partial charge < -0.3 is 9.80 Å². The van der Waals surface area contributed by atoms with Crippen molar-refractivity contribution in [1.29, 1.82) is 0 Å². The Bertz CT molecular complexity index is 1270. The smallest absolute Gasteiger partial charge is 0.274 e. The van der Waals surface area contributed by atoms with E-state index in [1.807, 2.05) is 44.4 Å². The number of anilines is 2. The van der Waals surface area contributed by atoms with Gasteiger partial charge in [0.1, 0.15) is 0 Å². The molecule has 1 heterocycles. The highest BCUT2D eigenvalue weighted by atomic mass is 16.2. The normalized spacial score (nSPS) is 20.2. The minimum absolute atomic E-state index is 0.0473. The predicted molar refractivity (Wildman–Crippen MR) is 150 cm³/mol. The van der Waals surface area contributed by atoms with Gasteiger partial charge in [-0.25, -0.2) is 5.01 Å². The molecule has 5 heteroatoms. The predicted octanol–water partition coefficient (Wildman–Crippen LogP) is 6.26. The maximum atomic E-state index is 13.7. The highest BCUT2D eigenvalue weighted by molar-refractivity contribution is 6.09. The number of allylic oxidation sites excluding steroid dienone is 1. The Hall–Kier alpha value is -3.86. The van der Waals surface area contributed by atoms with Gasteiger partial charge >= 0.3 is 0 Å². The number of carbonyl (C=O) groups excluding carboxylic acids is 1. The Morgan fingerprint density at radius 1 is 0.861 bits per heavy atom. The third kappa shape index (κ3) is 4.66. The van der Waals surface area contributed by atoms with E-state index < -0.39 is 0 Å². The Labute approximate surface area is 214 Å². The Morgan fingerprint density at radius 2 is 1.47 bits per heavy atom. The van der Waals surface area contributed by atoms with E-state index in [1.165, 1.54) is 16.8 Å². The number of carbonyl (C=O) groups is 1. The molecule has 2 atom stereocenters. The molecule has 0 saturated heterocycles. The Balaban J connectivity index is 1.54. The number of nitrogens with zero attached hydrogens (tertiary/aromatic N) is 4. The van der Waals surface area contributed by atoms with Crippen LogP contribution in [-0.4, -0.2) is 44.8 Å². The fraction of sp³-hybridized carbons (Fsp3) is 0.290. The number of hydrazone groups is 1. The average molecular weight is 479 g/mol. The van der Waals surface area contributed by atoms with E-state index in [0.29, 0.717) is 5.56 Å². The first kappa shape index (κ1) is 23.9. The van der Waals surface area contributed by atoms with Crippen LogP contribution in [0.2, 0.25) is 0 Å². The fourth-order valence-corrected chi connectivity index (χ4v) is 5.25. The second-order valence-electron chi connectivity index (χ2n) is 10.1. The van der Waals surface area contributed by atoms with Crippen molar-refractivity contribution in [3.05, 3.63) is 101 Å². The molecule has 3 aromatic rings. The van der Waals surface area contributed by atoms with E-state index >= 15 is 0 Å². The summed E-state index contributed by atoms with van der Waals surface area (Å²) in [5, 5.41) is 6.78. The van der Waals surface area contributed by atoms with E-state index in [2.05, 4.69) is 78.5 Å². The molecule has 0 unspecified atom stereocenters. The summed E-state index contributed by atoms with van der Waals surface area (Å²) < 4.78 is 0. The van der Waals surface area contributed by atoms with Gasteiger partial charge in [0.25, 0.3) is 5.91 Å². The summed E-state index contributed by atoms with van der Waals surface area (Å²) in [6.45, 7) is 0. The van der Waals surface area contributed by atoms with E-state index in [1.54, 1.807) is 5.01 Å². The lowest BCUT2D eigenvalue weighted by molar-refractivity contribution is 0.0681. The van der Waals surface area contributed by atoms with E-state index in [4.69, 9.17) is 5.10 Å². The molecule has 0 aromatic heterocycles. The summed E-state index contributed by atoms with van der Waals surface area (Å²) in [5.41, 5.74) is 7.58. The van der Waals surface area contributed by atoms with Gasteiger partial charge in [-0.2, -0.15) is 5.10 Å². The molecule has 1 fully saturated rings. The van der Waals surface area contributed by atoms with Crippen molar-refractivity contribution < 1.29 is 4.79 Å². The van der Waals surface area contributed by atoms with Crippen LogP contribution in [-0.2, 0) is 0 Å². The third-order valence-electron chi connectivity index (χ3n) is 7.23. The molecule has 184 valence electrons. The monoisotopic (exact) mass is 478 g/mol. The second kappa shape index (κ2) is 10.0. The highest BCUT2D eigenvalue weighted by Gasteiger charge is 2.43. The van der Waals surface area contributed by atoms with Crippen LogP contribution >= 0.6 is 0 Å². The summed E-state index contributed by atoms with van der Waals surface area (Å²) in [6, 6.07) is 26.6. The van der Waals surface area contributed by atoms with Gasteiger partial charge in [-0.1, -0.05) is 42.5 Å². The third-order valence-corrected chi connectivity index (χ3v) is 7.23. The van der Waals surface area contributed by atoms with Gasteiger partial charge in [-0.15, -0.1) is 0 Å². The van der Waals surface area contributed by atoms with E-state index in [0.717, 1.165) is 36.2 Å². The zero-order valence-electron chi connectivity index (χ0n) is 21.6. The average Bonchev–Trinajstić information content (AvgIpc) is 3.30. The van der Waals surface area contributed by atoms with E-state index in [-0.39, 0.29) is 17.9 Å². The second-order valence-corrected chi connectivity index (χ2v) is 10.1. The van der Waals surface area contributed by atoms with Crippen molar-refractivity contribution in [2.75, 3.05) is 38.0 Å². The van der Waals surface area contributed by atoms with Crippen molar-refractivity contribution in [3.8, 4) is 0 Å². The van der Waals surface area contributed by atoms with E-state index in [9.17, 15) is 4.79 Å². The molecule has 0 N–H and O–H groups in total. The number of fused-ring (bicyclic) bond motifs is 1. The summed E-state index contributed by atoms with van der Waals surface area (Å²) in [7, 11) is 8.19. The summed E-state index contributed by atoms with van der Waals surface area (Å²) in [5.74, 6) is 0.137. The topological polar surface area (TPSA) is 39.1 Å². The number of amides is 1. The van der Waals surface area contributed by atoms with Crippen molar-refractivity contribution in [2.45, 2.75) is 25.3 Å². The maximum absolute atomic E-state index is 13.7. The lowest BCUT2D eigenvalue weighted by Crippen LogP contribution is -2.32. The first-order valence-electron chi connectivity index (χ1n) is 12.6. The van der Waals surface area contributed by atoms with Crippen LogP contribution in [0.1, 0.15) is 46.8 Å². The number of rotatable bonds is 5. The number of hydrogen-bond acceptors (Lipinski definition) is 4. The molecule has 3 aromatic carbocycles. The molecule has 36 heavy (non-hydrogen) atoms. The largest absolute Gasteiger partial charge is 0.378 e. The van der Waals surface area contributed by atoms with Gasteiger partial charge in [0.2, 0.25) is 0 Å². The molecule has 1 saturated carbocycles. The van der Waals surface area contributed by atoms with Gasteiger partial charge in [0.05, 0.1) is 11.8 Å². The quantitative estimate of drug-likeness (QED) is 0.435. The molecule has 1 aliphatic carbocycles. The van der Waals surface area contributed by atoms with Gasteiger partial charge in [-0.05, 0) is 78.4 Å². The minimum atomic E-state index is -0.108. The van der Waals surface area contributed by atoms with Crippen LogP contribution in [0.3, 0.4) is 0 Å². The zero-order valence-corrected chi connectivity index (χ0v) is 21.6. The van der Waals surface area contributed by atoms with Gasteiger partial charge in [0, 0.05) is 51.0 Å². The molecular formula is C31H34N4O. The van der Waals surface area contributed by atoms with Crippen molar-refractivity contribution >= 4 is 29.1 Å². The van der Waals surface area contributed by atoms with Crippen molar-refractivity contribution in [3.63, 3.8) is 0 Å².